The first-order valence-corrected chi connectivity index (χ1v) is 4.17. The minimum atomic E-state index is 0.0184. The highest BCUT2D eigenvalue weighted by atomic mass is 16.1. The summed E-state index contributed by atoms with van der Waals surface area (Å²) < 4.78 is 1.48. The van der Waals surface area contributed by atoms with E-state index in [0.29, 0.717) is 17.8 Å². The monoisotopic (exact) mass is 191 g/mol. The summed E-state index contributed by atoms with van der Waals surface area (Å²) in [7, 11) is 1.73. The second-order valence-corrected chi connectivity index (χ2v) is 2.85. The van der Waals surface area contributed by atoms with E-state index >= 15 is 0 Å². The number of pyridine rings is 1. The summed E-state index contributed by atoms with van der Waals surface area (Å²) in [5, 5.41) is 13.7. The van der Waals surface area contributed by atoms with Crippen LogP contribution in [0.25, 0.3) is 5.65 Å². The van der Waals surface area contributed by atoms with Gasteiger partial charge in [0.15, 0.2) is 11.4 Å². The molecule has 0 aliphatic rings. The van der Waals surface area contributed by atoms with Crippen LogP contribution in [0.5, 0.6) is 0 Å². The molecule has 0 fully saturated rings. The fourth-order valence-corrected chi connectivity index (χ4v) is 1.17. The number of fused-ring (bicyclic) bond motifs is 1. The van der Waals surface area contributed by atoms with Gasteiger partial charge in [0.25, 0.3) is 0 Å². The lowest BCUT2D eigenvalue weighted by atomic mass is 10.2. The Morgan fingerprint density at radius 3 is 3.21 bits per heavy atom. The third-order valence-electron chi connectivity index (χ3n) is 1.85. The van der Waals surface area contributed by atoms with Crippen LogP contribution in [0.3, 0.4) is 0 Å². The van der Waals surface area contributed by atoms with Crippen LogP contribution in [0.4, 0.5) is 0 Å². The molecule has 0 spiro atoms. The van der Waals surface area contributed by atoms with Crippen molar-refractivity contribution in [2.45, 2.75) is 0 Å². The second kappa shape index (κ2) is 3.51. The van der Waals surface area contributed by atoms with E-state index in [9.17, 15) is 4.79 Å². The van der Waals surface area contributed by atoms with Crippen LogP contribution < -0.4 is 5.32 Å². The fraction of sp³-hybridized carbons (Fsp3) is 0.250. The predicted octanol–water partition coefficient (Wildman–Crippen LogP) is -0.474. The number of likely N-dealkylation sites (N-methyl/N-ethyl adjacent to an activating group) is 1. The average Bonchev–Trinajstić information content (AvgIpc) is 2.64. The molecule has 1 N–H and O–H groups in total. The van der Waals surface area contributed by atoms with Gasteiger partial charge >= 0.3 is 0 Å². The maximum Gasteiger partial charge on any atom is 0.179 e. The van der Waals surface area contributed by atoms with Crippen LogP contribution >= 0.6 is 0 Å². The highest BCUT2D eigenvalue weighted by Crippen LogP contribution is 2.02. The summed E-state index contributed by atoms with van der Waals surface area (Å²) in [6.07, 6.45) is 1.62. The van der Waals surface area contributed by atoms with Gasteiger partial charge in [0.1, 0.15) is 0 Å². The summed E-state index contributed by atoms with van der Waals surface area (Å²) in [4.78, 5) is 11.5. The Morgan fingerprint density at radius 1 is 1.57 bits per heavy atom. The molecule has 0 bridgehead atoms. The molecule has 6 heteroatoms. The molecule has 6 nitrogen and oxygen atoms in total. The van der Waals surface area contributed by atoms with E-state index in [1.165, 1.54) is 4.52 Å². The Morgan fingerprint density at radius 2 is 2.43 bits per heavy atom. The van der Waals surface area contributed by atoms with Gasteiger partial charge in [0.2, 0.25) is 0 Å². The normalized spacial score (nSPS) is 10.6. The molecule has 0 aromatic carbocycles. The summed E-state index contributed by atoms with van der Waals surface area (Å²) in [5.41, 5.74) is 1.23. The van der Waals surface area contributed by atoms with Crippen molar-refractivity contribution < 1.29 is 4.79 Å². The van der Waals surface area contributed by atoms with Gasteiger partial charge in [-0.1, -0.05) is 0 Å². The number of aromatic nitrogens is 4. The number of Topliss-reactive ketones (excluding diaryl/α,β-unsaturated/α-hetero) is 1. The van der Waals surface area contributed by atoms with Gasteiger partial charge in [0.05, 0.1) is 6.54 Å². The Hall–Kier alpha value is -1.82. The Balaban J connectivity index is 2.38. The van der Waals surface area contributed by atoms with Gasteiger partial charge in [-0.15, -0.1) is 5.10 Å². The molecule has 0 saturated heterocycles. The van der Waals surface area contributed by atoms with E-state index in [1.807, 2.05) is 0 Å². The maximum absolute atomic E-state index is 11.5. The molecule has 2 aromatic heterocycles. The topological polar surface area (TPSA) is 72.2 Å². The number of tetrazole rings is 1. The van der Waals surface area contributed by atoms with Crippen molar-refractivity contribution >= 4 is 11.4 Å². The van der Waals surface area contributed by atoms with E-state index in [4.69, 9.17) is 0 Å². The van der Waals surface area contributed by atoms with Crippen molar-refractivity contribution in [1.29, 1.82) is 0 Å². The minimum Gasteiger partial charge on any atom is -0.313 e. The Kier molecular flexibility index (Phi) is 2.19. The van der Waals surface area contributed by atoms with Crippen molar-refractivity contribution in [2.75, 3.05) is 13.6 Å². The van der Waals surface area contributed by atoms with Crippen LogP contribution in [-0.4, -0.2) is 39.4 Å². The summed E-state index contributed by atoms with van der Waals surface area (Å²) in [5.74, 6) is 0.0184. The van der Waals surface area contributed by atoms with Gasteiger partial charge in [-0.05, 0) is 29.6 Å². The molecule has 72 valence electrons. The van der Waals surface area contributed by atoms with E-state index < -0.39 is 0 Å². The highest BCUT2D eigenvalue weighted by Gasteiger charge is 2.06. The van der Waals surface area contributed by atoms with Crippen molar-refractivity contribution in [3.05, 3.63) is 23.9 Å². The lowest BCUT2D eigenvalue weighted by Gasteiger charge is -1.99. The van der Waals surface area contributed by atoms with Crippen LogP contribution in [0, 0.1) is 0 Å². The quantitative estimate of drug-likeness (QED) is 0.664. The third kappa shape index (κ3) is 1.47. The molecule has 14 heavy (non-hydrogen) atoms. The molecular formula is C8H9N5O. The van der Waals surface area contributed by atoms with Crippen LogP contribution in [0.2, 0.25) is 0 Å². The number of ketones is 1. The van der Waals surface area contributed by atoms with Crippen LogP contribution in [0.15, 0.2) is 18.3 Å². The zero-order chi connectivity index (χ0) is 9.97. The fourth-order valence-electron chi connectivity index (χ4n) is 1.17. The van der Waals surface area contributed by atoms with Gasteiger partial charge < -0.3 is 5.32 Å². The van der Waals surface area contributed by atoms with Crippen LogP contribution in [-0.2, 0) is 0 Å². The molecule has 0 unspecified atom stereocenters. The molecule has 2 aromatic rings. The number of rotatable bonds is 3. The van der Waals surface area contributed by atoms with Gasteiger partial charge in [0, 0.05) is 11.8 Å². The number of hydrogen-bond acceptors (Lipinski definition) is 5. The molecule has 0 radical (unpaired) electrons. The Labute approximate surface area is 79.9 Å². The van der Waals surface area contributed by atoms with E-state index in [1.54, 1.807) is 25.4 Å². The van der Waals surface area contributed by atoms with E-state index in [0.717, 1.165) is 0 Å². The molecule has 0 saturated carbocycles. The predicted molar refractivity (Wildman–Crippen MR) is 49.0 cm³/mol. The standard InChI is InChI=1S/C8H9N5O/c1-9-4-7(14)6-2-3-8-10-11-12-13(8)5-6/h2-3,5,9H,4H2,1H3. The second-order valence-electron chi connectivity index (χ2n) is 2.85. The van der Waals surface area contributed by atoms with Gasteiger partial charge in [-0.2, -0.15) is 4.52 Å². The first kappa shape index (κ1) is 8.76. The first-order chi connectivity index (χ1) is 6.81. The lowest BCUT2D eigenvalue weighted by molar-refractivity contribution is 0.0993. The summed E-state index contributed by atoms with van der Waals surface area (Å²) in [6, 6.07) is 3.42. The van der Waals surface area contributed by atoms with Crippen molar-refractivity contribution in [2.24, 2.45) is 0 Å². The number of nitrogens with zero attached hydrogens (tertiary/aromatic N) is 4. The number of carbonyl (C=O) groups is 1. The van der Waals surface area contributed by atoms with Gasteiger partial charge in [-0.25, -0.2) is 0 Å². The average molecular weight is 191 g/mol. The molecule has 0 aliphatic heterocycles. The SMILES string of the molecule is CNCC(=O)c1ccc2nnnn2c1. The van der Waals surface area contributed by atoms with Crippen molar-refractivity contribution in [3.8, 4) is 0 Å². The number of hydrogen-bond donors (Lipinski definition) is 1. The van der Waals surface area contributed by atoms with E-state index in [-0.39, 0.29) is 5.78 Å². The minimum absolute atomic E-state index is 0.0184. The summed E-state index contributed by atoms with van der Waals surface area (Å²) in [6.45, 7) is 0.313. The lowest BCUT2D eigenvalue weighted by Crippen LogP contribution is -2.18. The highest BCUT2D eigenvalue weighted by molar-refractivity contribution is 5.97. The molecular weight excluding hydrogens is 182 g/mol. The van der Waals surface area contributed by atoms with Crippen LogP contribution in [0.1, 0.15) is 10.4 Å². The van der Waals surface area contributed by atoms with E-state index in [2.05, 4.69) is 20.8 Å². The number of nitrogens with one attached hydrogen (secondary N) is 1. The zero-order valence-corrected chi connectivity index (χ0v) is 7.64. The number of carbonyl (C=O) groups excluding carboxylic acids is 1. The summed E-state index contributed by atoms with van der Waals surface area (Å²) >= 11 is 0. The zero-order valence-electron chi connectivity index (χ0n) is 7.64. The molecule has 0 amide bonds. The van der Waals surface area contributed by atoms with Gasteiger partial charge in [-0.3, -0.25) is 4.79 Å². The molecule has 2 heterocycles. The Bertz CT molecular complexity index is 463. The largest absolute Gasteiger partial charge is 0.313 e. The molecule has 0 atom stereocenters. The third-order valence-corrected chi connectivity index (χ3v) is 1.85. The molecule has 2 rings (SSSR count). The smallest absolute Gasteiger partial charge is 0.179 e. The van der Waals surface area contributed by atoms with Crippen molar-refractivity contribution in [3.63, 3.8) is 0 Å². The maximum atomic E-state index is 11.5. The first-order valence-electron chi connectivity index (χ1n) is 4.17. The molecule has 0 aliphatic carbocycles. The van der Waals surface area contributed by atoms with Crippen molar-refractivity contribution in [1.82, 2.24) is 25.4 Å².